The first kappa shape index (κ1) is 11.0. The van der Waals surface area contributed by atoms with Crippen LogP contribution in [0.15, 0.2) is 30.3 Å². The largest absolute Gasteiger partial charge is 0.340 e. The van der Waals surface area contributed by atoms with Crippen LogP contribution < -0.4 is 15.5 Å². The fraction of sp³-hybridized carbons (Fsp3) is 0.200. The SMILES string of the molecule is CNC(=O)N(C(=O)NC)c1ccccc1. The van der Waals surface area contributed by atoms with Gasteiger partial charge in [-0.2, -0.15) is 0 Å². The van der Waals surface area contributed by atoms with Gasteiger partial charge in [0.05, 0.1) is 5.69 Å². The van der Waals surface area contributed by atoms with Crippen LogP contribution in [0.1, 0.15) is 0 Å². The summed E-state index contributed by atoms with van der Waals surface area (Å²) < 4.78 is 0. The van der Waals surface area contributed by atoms with Crippen molar-refractivity contribution in [3.63, 3.8) is 0 Å². The van der Waals surface area contributed by atoms with Gasteiger partial charge in [-0.25, -0.2) is 14.5 Å². The highest BCUT2D eigenvalue weighted by Gasteiger charge is 2.20. The van der Waals surface area contributed by atoms with E-state index in [1.54, 1.807) is 24.3 Å². The summed E-state index contributed by atoms with van der Waals surface area (Å²) in [5.74, 6) is 0. The second-order valence-corrected chi connectivity index (χ2v) is 2.78. The van der Waals surface area contributed by atoms with E-state index in [4.69, 9.17) is 0 Å². The van der Waals surface area contributed by atoms with E-state index in [9.17, 15) is 9.59 Å². The Balaban J connectivity index is 3.02. The van der Waals surface area contributed by atoms with Gasteiger partial charge in [0, 0.05) is 14.1 Å². The van der Waals surface area contributed by atoms with Gasteiger partial charge in [0.1, 0.15) is 0 Å². The topological polar surface area (TPSA) is 61.4 Å². The molecule has 0 aliphatic heterocycles. The summed E-state index contributed by atoms with van der Waals surface area (Å²) in [7, 11) is 2.95. The molecule has 5 nitrogen and oxygen atoms in total. The Kier molecular flexibility index (Phi) is 3.68. The smallest absolute Gasteiger partial charge is 0.329 e. The predicted molar refractivity (Wildman–Crippen MR) is 57.8 cm³/mol. The van der Waals surface area contributed by atoms with Gasteiger partial charge in [-0.15, -0.1) is 0 Å². The lowest BCUT2D eigenvalue weighted by molar-refractivity contribution is 0.236. The molecule has 0 fully saturated rings. The lowest BCUT2D eigenvalue weighted by Gasteiger charge is -2.19. The summed E-state index contributed by atoms with van der Waals surface area (Å²) >= 11 is 0. The second-order valence-electron chi connectivity index (χ2n) is 2.78. The zero-order chi connectivity index (χ0) is 11.3. The highest BCUT2D eigenvalue weighted by atomic mass is 16.2. The van der Waals surface area contributed by atoms with Crippen molar-refractivity contribution < 1.29 is 9.59 Å². The molecule has 4 amide bonds. The van der Waals surface area contributed by atoms with Gasteiger partial charge in [-0.05, 0) is 12.1 Å². The first-order valence-electron chi connectivity index (χ1n) is 4.49. The number of urea groups is 2. The third kappa shape index (κ3) is 2.46. The number of rotatable bonds is 1. The maximum absolute atomic E-state index is 11.5. The van der Waals surface area contributed by atoms with Crippen LogP contribution in [0.4, 0.5) is 15.3 Å². The van der Waals surface area contributed by atoms with Crippen molar-refractivity contribution in [2.24, 2.45) is 0 Å². The Morgan fingerprint density at radius 2 is 1.47 bits per heavy atom. The number of hydrogen-bond donors (Lipinski definition) is 2. The molecule has 0 unspecified atom stereocenters. The average Bonchev–Trinajstić information content (AvgIpc) is 2.30. The molecule has 0 heterocycles. The third-order valence-corrected chi connectivity index (χ3v) is 1.85. The van der Waals surface area contributed by atoms with Crippen molar-refractivity contribution in [1.82, 2.24) is 10.6 Å². The zero-order valence-corrected chi connectivity index (χ0v) is 8.65. The van der Waals surface area contributed by atoms with Gasteiger partial charge in [-0.3, -0.25) is 0 Å². The van der Waals surface area contributed by atoms with Crippen LogP contribution in [-0.2, 0) is 0 Å². The zero-order valence-electron chi connectivity index (χ0n) is 8.65. The minimum absolute atomic E-state index is 0.472. The molecule has 1 aromatic rings. The number of nitrogens with zero attached hydrogens (tertiary/aromatic N) is 1. The summed E-state index contributed by atoms with van der Waals surface area (Å²) in [6, 6.07) is 7.76. The Morgan fingerprint density at radius 3 is 1.87 bits per heavy atom. The van der Waals surface area contributed by atoms with Crippen LogP contribution in [0.25, 0.3) is 0 Å². The molecule has 2 N–H and O–H groups in total. The molecule has 0 bridgehead atoms. The van der Waals surface area contributed by atoms with E-state index < -0.39 is 12.1 Å². The quantitative estimate of drug-likeness (QED) is 0.726. The van der Waals surface area contributed by atoms with Gasteiger partial charge in [0.2, 0.25) is 0 Å². The Labute approximate surface area is 88.1 Å². The minimum Gasteiger partial charge on any atom is -0.340 e. The van der Waals surface area contributed by atoms with Crippen molar-refractivity contribution >= 4 is 17.7 Å². The number of imide groups is 1. The Bertz CT molecular complexity index is 335. The molecule has 1 aromatic carbocycles. The van der Waals surface area contributed by atoms with Gasteiger partial charge < -0.3 is 10.6 Å². The lowest BCUT2D eigenvalue weighted by Crippen LogP contribution is -2.46. The number of carbonyl (C=O) groups is 2. The van der Waals surface area contributed by atoms with E-state index in [-0.39, 0.29) is 0 Å². The van der Waals surface area contributed by atoms with Crippen molar-refractivity contribution in [2.45, 2.75) is 0 Å². The molecule has 5 heteroatoms. The van der Waals surface area contributed by atoms with Crippen molar-refractivity contribution in [3.05, 3.63) is 30.3 Å². The van der Waals surface area contributed by atoms with E-state index in [0.717, 1.165) is 4.90 Å². The summed E-state index contributed by atoms with van der Waals surface area (Å²) in [4.78, 5) is 24.0. The highest BCUT2D eigenvalue weighted by molar-refractivity contribution is 6.13. The summed E-state index contributed by atoms with van der Waals surface area (Å²) in [5.41, 5.74) is 0.524. The molecular weight excluding hydrogens is 194 g/mol. The molecule has 0 atom stereocenters. The minimum atomic E-state index is -0.472. The summed E-state index contributed by atoms with van der Waals surface area (Å²) in [5, 5.41) is 4.81. The van der Waals surface area contributed by atoms with Crippen molar-refractivity contribution in [3.8, 4) is 0 Å². The summed E-state index contributed by atoms with van der Waals surface area (Å²) in [6.45, 7) is 0. The molecule has 0 aliphatic rings. The van der Waals surface area contributed by atoms with Gasteiger partial charge in [0.25, 0.3) is 0 Å². The van der Waals surface area contributed by atoms with Gasteiger partial charge in [0.15, 0.2) is 0 Å². The molecular formula is C10H13N3O2. The van der Waals surface area contributed by atoms with E-state index in [1.807, 2.05) is 6.07 Å². The molecule has 0 saturated carbocycles. The molecule has 15 heavy (non-hydrogen) atoms. The van der Waals surface area contributed by atoms with E-state index in [0.29, 0.717) is 5.69 Å². The first-order valence-corrected chi connectivity index (χ1v) is 4.49. The summed E-state index contributed by atoms with van der Waals surface area (Å²) in [6.07, 6.45) is 0. The molecule has 1 rings (SSSR count). The standard InChI is InChI=1S/C10H13N3O2/c1-11-9(14)13(10(15)12-2)8-6-4-3-5-7-8/h3-7H,1-2H3,(H,11,14)(H,12,15). The van der Waals surface area contributed by atoms with Crippen LogP contribution >= 0.6 is 0 Å². The molecule has 0 aliphatic carbocycles. The van der Waals surface area contributed by atoms with Gasteiger partial charge >= 0.3 is 12.1 Å². The van der Waals surface area contributed by atoms with Crippen molar-refractivity contribution in [1.29, 1.82) is 0 Å². The van der Waals surface area contributed by atoms with E-state index in [2.05, 4.69) is 10.6 Å². The van der Waals surface area contributed by atoms with E-state index >= 15 is 0 Å². The number of para-hydroxylation sites is 1. The van der Waals surface area contributed by atoms with Crippen molar-refractivity contribution in [2.75, 3.05) is 19.0 Å². The predicted octanol–water partition coefficient (Wildman–Crippen LogP) is 1.17. The highest BCUT2D eigenvalue weighted by Crippen LogP contribution is 2.13. The molecule has 0 saturated heterocycles. The molecule has 0 radical (unpaired) electrons. The normalized spacial score (nSPS) is 9.20. The lowest BCUT2D eigenvalue weighted by atomic mass is 10.3. The average molecular weight is 207 g/mol. The number of amides is 4. The Hall–Kier alpha value is -2.04. The maximum Gasteiger partial charge on any atom is 0.329 e. The van der Waals surface area contributed by atoms with Crippen LogP contribution in [0, 0.1) is 0 Å². The maximum atomic E-state index is 11.5. The monoisotopic (exact) mass is 207 g/mol. The fourth-order valence-electron chi connectivity index (χ4n) is 1.13. The van der Waals surface area contributed by atoms with E-state index in [1.165, 1.54) is 14.1 Å². The number of carbonyl (C=O) groups excluding carboxylic acids is 2. The van der Waals surface area contributed by atoms with Gasteiger partial charge in [-0.1, -0.05) is 18.2 Å². The molecule has 80 valence electrons. The van der Waals surface area contributed by atoms with Crippen LogP contribution in [0.5, 0.6) is 0 Å². The molecule has 0 spiro atoms. The number of nitrogens with one attached hydrogen (secondary N) is 2. The molecule has 0 aromatic heterocycles. The number of anilines is 1. The second kappa shape index (κ2) is 4.99. The number of hydrogen-bond acceptors (Lipinski definition) is 2. The first-order chi connectivity index (χ1) is 7.20. The fourth-order valence-corrected chi connectivity index (χ4v) is 1.13. The van der Waals surface area contributed by atoms with Crippen LogP contribution in [0.2, 0.25) is 0 Å². The number of benzene rings is 1. The third-order valence-electron chi connectivity index (χ3n) is 1.85. The van der Waals surface area contributed by atoms with Crippen LogP contribution in [-0.4, -0.2) is 26.2 Å². The van der Waals surface area contributed by atoms with Crippen LogP contribution in [0.3, 0.4) is 0 Å². The Morgan fingerprint density at radius 1 is 1.00 bits per heavy atom.